The molecular formula is C9H17ClN4O2S. The first kappa shape index (κ1) is 14.4. The van der Waals surface area contributed by atoms with Crippen molar-refractivity contribution in [2.24, 2.45) is 0 Å². The molecule has 1 saturated heterocycles. The molecule has 2 atom stereocenters. The molecule has 98 valence electrons. The Morgan fingerprint density at radius 2 is 2.29 bits per heavy atom. The fourth-order valence-electron chi connectivity index (χ4n) is 1.91. The molecule has 0 saturated carbocycles. The van der Waals surface area contributed by atoms with Crippen LogP contribution in [0.25, 0.3) is 0 Å². The molecule has 0 aromatic carbocycles. The fraction of sp³-hybridized carbons (Fsp3) is 0.667. The maximum absolute atomic E-state index is 11.9. The van der Waals surface area contributed by atoms with Crippen molar-refractivity contribution in [3.05, 3.63) is 12.5 Å². The number of nitrogens with zero attached hydrogens (tertiary/aromatic N) is 1. The zero-order valence-electron chi connectivity index (χ0n) is 9.51. The SMILES string of the molecule is CC1CC(NS(=O)(=O)c2cnc[nH]2)CCN1.Cl. The first-order chi connectivity index (χ1) is 7.58. The van der Waals surface area contributed by atoms with Gasteiger partial charge in [-0.2, -0.15) is 0 Å². The van der Waals surface area contributed by atoms with Gasteiger partial charge in [0.25, 0.3) is 10.0 Å². The maximum atomic E-state index is 11.9. The van der Waals surface area contributed by atoms with E-state index < -0.39 is 10.0 Å². The van der Waals surface area contributed by atoms with Gasteiger partial charge in [0.2, 0.25) is 0 Å². The van der Waals surface area contributed by atoms with E-state index in [1.54, 1.807) is 0 Å². The van der Waals surface area contributed by atoms with E-state index in [1.165, 1.54) is 12.5 Å². The second kappa shape index (κ2) is 5.81. The number of sulfonamides is 1. The summed E-state index contributed by atoms with van der Waals surface area (Å²) in [5.74, 6) is 0. The molecule has 8 heteroatoms. The lowest BCUT2D eigenvalue weighted by atomic mass is 10.0. The highest BCUT2D eigenvalue weighted by atomic mass is 35.5. The van der Waals surface area contributed by atoms with Gasteiger partial charge < -0.3 is 10.3 Å². The zero-order valence-corrected chi connectivity index (χ0v) is 11.1. The normalized spacial score (nSPS) is 25.2. The number of halogens is 1. The summed E-state index contributed by atoms with van der Waals surface area (Å²) in [5, 5.41) is 3.40. The highest BCUT2D eigenvalue weighted by Gasteiger charge is 2.24. The third kappa shape index (κ3) is 3.67. The molecule has 0 radical (unpaired) electrons. The second-order valence-corrected chi connectivity index (χ2v) is 5.80. The average molecular weight is 281 g/mol. The predicted octanol–water partition coefficient (Wildman–Crippen LogP) is 0.250. The van der Waals surface area contributed by atoms with Gasteiger partial charge in [0, 0.05) is 12.1 Å². The van der Waals surface area contributed by atoms with Crippen LogP contribution in [0.4, 0.5) is 0 Å². The Balaban J connectivity index is 0.00000144. The molecule has 0 aliphatic carbocycles. The first-order valence-electron chi connectivity index (χ1n) is 5.32. The van der Waals surface area contributed by atoms with E-state index in [1.807, 2.05) is 0 Å². The van der Waals surface area contributed by atoms with Gasteiger partial charge in [0.05, 0.1) is 12.5 Å². The van der Waals surface area contributed by atoms with Crippen LogP contribution in [-0.2, 0) is 10.0 Å². The Morgan fingerprint density at radius 1 is 1.53 bits per heavy atom. The number of hydrogen-bond donors (Lipinski definition) is 3. The Labute approximate surface area is 107 Å². The number of hydrogen-bond acceptors (Lipinski definition) is 4. The first-order valence-corrected chi connectivity index (χ1v) is 6.80. The van der Waals surface area contributed by atoms with Crippen LogP contribution in [0, 0.1) is 0 Å². The van der Waals surface area contributed by atoms with Crippen LogP contribution in [0.15, 0.2) is 17.6 Å². The lowest BCUT2D eigenvalue weighted by Crippen LogP contribution is -2.46. The van der Waals surface area contributed by atoms with Crippen LogP contribution in [0.5, 0.6) is 0 Å². The molecule has 0 spiro atoms. The van der Waals surface area contributed by atoms with Gasteiger partial charge >= 0.3 is 0 Å². The molecule has 1 aromatic rings. The Hall–Kier alpha value is -0.630. The van der Waals surface area contributed by atoms with Crippen molar-refractivity contribution < 1.29 is 8.42 Å². The number of H-pyrrole nitrogens is 1. The summed E-state index contributed by atoms with van der Waals surface area (Å²) < 4.78 is 26.4. The van der Waals surface area contributed by atoms with E-state index >= 15 is 0 Å². The summed E-state index contributed by atoms with van der Waals surface area (Å²) in [6.07, 6.45) is 4.30. The predicted molar refractivity (Wildman–Crippen MR) is 66.6 cm³/mol. The standard InChI is InChI=1S/C9H16N4O2S.ClH/c1-7-4-8(2-3-11-7)13-16(14,15)9-5-10-6-12-9;/h5-8,11,13H,2-4H2,1H3,(H,10,12);1H. The smallest absolute Gasteiger partial charge is 0.257 e. The minimum Gasteiger partial charge on any atom is -0.335 e. The molecule has 1 fully saturated rings. The zero-order chi connectivity index (χ0) is 11.6. The van der Waals surface area contributed by atoms with Gasteiger partial charge in [0.15, 0.2) is 5.03 Å². The largest absolute Gasteiger partial charge is 0.335 e. The molecule has 1 aliphatic heterocycles. The molecule has 0 bridgehead atoms. The van der Waals surface area contributed by atoms with Gasteiger partial charge in [-0.15, -0.1) is 12.4 Å². The minimum atomic E-state index is -3.44. The molecular weight excluding hydrogens is 264 g/mol. The summed E-state index contributed by atoms with van der Waals surface area (Å²) in [4.78, 5) is 6.31. The summed E-state index contributed by atoms with van der Waals surface area (Å²) in [6.45, 7) is 2.90. The van der Waals surface area contributed by atoms with Gasteiger partial charge in [-0.1, -0.05) is 0 Å². The van der Waals surface area contributed by atoms with Gasteiger partial charge in [-0.05, 0) is 26.3 Å². The van der Waals surface area contributed by atoms with E-state index in [0.29, 0.717) is 6.04 Å². The maximum Gasteiger partial charge on any atom is 0.257 e. The summed E-state index contributed by atoms with van der Waals surface area (Å²) in [6, 6.07) is 0.354. The highest BCUT2D eigenvalue weighted by molar-refractivity contribution is 7.89. The quantitative estimate of drug-likeness (QED) is 0.741. The molecule has 2 heterocycles. The summed E-state index contributed by atoms with van der Waals surface area (Å²) >= 11 is 0. The lowest BCUT2D eigenvalue weighted by Gasteiger charge is -2.28. The van der Waals surface area contributed by atoms with Crippen molar-refractivity contribution in [3.63, 3.8) is 0 Å². The molecule has 1 aliphatic rings. The van der Waals surface area contributed by atoms with Crippen molar-refractivity contribution in [3.8, 4) is 0 Å². The molecule has 2 rings (SSSR count). The number of rotatable bonds is 3. The van der Waals surface area contributed by atoms with Gasteiger partial charge in [-0.3, -0.25) is 0 Å². The van der Waals surface area contributed by atoms with Gasteiger partial charge in [-0.25, -0.2) is 18.1 Å². The van der Waals surface area contributed by atoms with Crippen LogP contribution in [0.3, 0.4) is 0 Å². The Morgan fingerprint density at radius 3 is 2.88 bits per heavy atom. The summed E-state index contributed by atoms with van der Waals surface area (Å²) in [7, 11) is -3.44. The number of aromatic nitrogens is 2. The van der Waals surface area contributed by atoms with E-state index in [-0.39, 0.29) is 23.5 Å². The van der Waals surface area contributed by atoms with E-state index in [2.05, 4.69) is 26.9 Å². The van der Waals surface area contributed by atoms with Crippen molar-refractivity contribution in [1.29, 1.82) is 0 Å². The van der Waals surface area contributed by atoms with E-state index in [9.17, 15) is 8.42 Å². The monoisotopic (exact) mass is 280 g/mol. The number of nitrogens with one attached hydrogen (secondary N) is 3. The van der Waals surface area contributed by atoms with Crippen molar-refractivity contribution in [1.82, 2.24) is 20.0 Å². The average Bonchev–Trinajstić information content (AvgIpc) is 2.69. The second-order valence-electron chi connectivity index (χ2n) is 4.11. The van der Waals surface area contributed by atoms with Crippen LogP contribution in [0.1, 0.15) is 19.8 Å². The third-order valence-corrected chi connectivity index (χ3v) is 4.15. The molecule has 2 unspecified atom stereocenters. The van der Waals surface area contributed by atoms with Crippen molar-refractivity contribution >= 4 is 22.4 Å². The fourth-order valence-corrected chi connectivity index (χ4v) is 3.10. The molecule has 17 heavy (non-hydrogen) atoms. The summed E-state index contributed by atoms with van der Waals surface area (Å²) in [5.41, 5.74) is 0. The molecule has 6 nitrogen and oxygen atoms in total. The highest BCUT2D eigenvalue weighted by Crippen LogP contribution is 2.12. The van der Waals surface area contributed by atoms with E-state index in [4.69, 9.17) is 0 Å². The molecule has 1 aromatic heterocycles. The van der Waals surface area contributed by atoms with Crippen LogP contribution < -0.4 is 10.0 Å². The van der Waals surface area contributed by atoms with Crippen molar-refractivity contribution in [2.45, 2.75) is 36.9 Å². The molecule has 3 N–H and O–H groups in total. The Bertz CT molecular complexity index is 434. The number of imidazole rings is 1. The number of aromatic amines is 1. The third-order valence-electron chi connectivity index (χ3n) is 2.71. The van der Waals surface area contributed by atoms with E-state index in [0.717, 1.165) is 19.4 Å². The Kier molecular flexibility index (Phi) is 4.93. The number of piperidine rings is 1. The lowest BCUT2D eigenvalue weighted by molar-refractivity contribution is 0.361. The van der Waals surface area contributed by atoms with Crippen molar-refractivity contribution in [2.75, 3.05) is 6.54 Å². The van der Waals surface area contributed by atoms with Crippen LogP contribution >= 0.6 is 12.4 Å². The topological polar surface area (TPSA) is 86.9 Å². The minimum absolute atomic E-state index is 0. The van der Waals surface area contributed by atoms with Crippen LogP contribution in [0.2, 0.25) is 0 Å². The molecule has 0 amide bonds. The van der Waals surface area contributed by atoms with Crippen LogP contribution in [-0.4, -0.2) is 37.0 Å². The van der Waals surface area contributed by atoms with Gasteiger partial charge in [0.1, 0.15) is 0 Å².